The number of hydrogen-bond donors (Lipinski definition) is 2. The highest BCUT2D eigenvalue weighted by atomic mass is 19.4. The summed E-state index contributed by atoms with van der Waals surface area (Å²) in [5.41, 5.74) is 5.89. The molecule has 3 N–H and O–H groups in total. The zero-order valence-corrected chi connectivity index (χ0v) is 14.3. The van der Waals surface area contributed by atoms with Crippen molar-refractivity contribution in [1.82, 2.24) is 0 Å². The minimum atomic E-state index is -4.51. The van der Waals surface area contributed by atoms with Crippen molar-refractivity contribution in [3.8, 4) is 5.75 Å². The molecule has 2 aromatic rings. The summed E-state index contributed by atoms with van der Waals surface area (Å²) in [7, 11) is 0. The Bertz CT molecular complexity index is 733. The number of carbonyl (C=O) groups excluding carboxylic acids is 1. The van der Waals surface area contributed by atoms with Gasteiger partial charge in [0.25, 0.3) is 0 Å². The van der Waals surface area contributed by atoms with Crippen LogP contribution in [0.3, 0.4) is 0 Å². The van der Waals surface area contributed by atoms with Crippen molar-refractivity contribution >= 4 is 11.6 Å². The molecule has 140 valence electrons. The molecule has 0 heterocycles. The van der Waals surface area contributed by atoms with Crippen LogP contribution >= 0.6 is 0 Å². The Morgan fingerprint density at radius 1 is 1.19 bits per heavy atom. The first kappa shape index (κ1) is 19.8. The van der Waals surface area contributed by atoms with Gasteiger partial charge in [-0.15, -0.1) is 0 Å². The third-order valence-corrected chi connectivity index (χ3v) is 3.68. The zero-order chi connectivity index (χ0) is 19.2. The van der Waals surface area contributed by atoms with E-state index in [1.165, 1.54) is 6.07 Å². The van der Waals surface area contributed by atoms with Crippen LogP contribution in [0.25, 0.3) is 0 Å². The number of rotatable bonds is 7. The van der Waals surface area contributed by atoms with E-state index in [0.717, 1.165) is 17.7 Å². The number of amides is 1. The third-order valence-electron chi connectivity index (χ3n) is 3.68. The molecular formula is C19H21F3N2O2. The largest absolute Gasteiger partial charge is 0.491 e. The molecule has 0 radical (unpaired) electrons. The van der Waals surface area contributed by atoms with E-state index in [-0.39, 0.29) is 17.9 Å². The van der Waals surface area contributed by atoms with Crippen molar-refractivity contribution in [1.29, 1.82) is 0 Å². The molecule has 1 atom stereocenters. The minimum absolute atomic E-state index is 0.0152. The molecular weight excluding hydrogens is 345 g/mol. The Hall–Kier alpha value is -2.54. The molecule has 0 saturated heterocycles. The first-order valence-electron chi connectivity index (χ1n) is 8.25. The molecule has 2 rings (SSSR count). The normalized spacial score (nSPS) is 12.5. The maximum atomic E-state index is 12.9. The Balaban J connectivity index is 2.15. The van der Waals surface area contributed by atoms with Gasteiger partial charge in [0, 0.05) is 12.5 Å². The summed E-state index contributed by atoms with van der Waals surface area (Å²) < 4.78 is 44.3. The van der Waals surface area contributed by atoms with Crippen LogP contribution in [0.4, 0.5) is 18.9 Å². The van der Waals surface area contributed by atoms with Crippen LogP contribution in [0, 0.1) is 0 Å². The highest BCUT2D eigenvalue weighted by Crippen LogP contribution is 2.35. The maximum Gasteiger partial charge on any atom is 0.416 e. The Kier molecular flexibility index (Phi) is 6.63. The van der Waals surface area contributed by atoms with Crippen LogP contribution in [-0.2, 0) is 11.0 Å². The summed E-state index contributed by atoms with van der Waals surface area (Å²) in [6.07, 6.45) is -3.88. The molecule has 26 heavy (non-hydrogen) atoms. The van der Waals surface area contributed by atoms with Crippen molar-refractivity contribution in [3.05, 3.63) is 59.7 Å². The number of carbonyl (C=O) groups is 1. The van der Waals surface area contributed by atoms with Gasteiger partial charge in [0.2, 0.25) is 5.91 Å². The van der Waals surface area contributed by atoms with Gasteiger partial charge in [-0.1, -0.05) is 37.3 Å². The lowest BCUT2D eigenvalue weighted by Crippen LogP contribution is -2.21. The fraction of sp³-hybridized carbons (Fsp3) is 0.316. The molecule has 4 nitrogen and oxygen atoms in total. The molecule has 0 spiro atoms. The molecule has 0 aliphatic rings. The lowest BCUT2D eigenvalue weighted by molar-refractivity contribution is -0.137. The number of halogens is 3. The third kappa shape index (κ3) is 5.49. The number of hydrogen-bond acceptors (Lipinski definition) is 3. The monoisotopic (exact) mass is 366 g/mol. The predicted molar refractivity (Wildman–Crippen MR) is 93.8 cm³/mol. The fourth-order valence-electron chi connectivity index (χ4n) is 2.36. The van der Waals surface area contributed by atoms with E-state index >= 15 is 0 Å². The van der Waals surface area contributed by atoms with Crippen molar-refractivity contribution in [3.63, 3.8) is 0 Å². The van der Waals surface area contributed by atoms with Crippen LogP contribution < -0.4 is 15.8 Å². The van der Waals surface area contributed by atoms with Crippen LogP contribution in [0.5, 0.6) is 5.75 Å². The summed E-state index contributed by atoms with van der Waals surface area (Å²) >= 11 is 0. The Morgan fingerprint density at radius 3 is 2.50 bits per heavy atom. The second-order valence-corrected chi connectivity index (χ2v) is 5.83. The molecule has 1 unspecified atom stereocenters. The molecule has 0 bridgehead atoms. The quantitative estimate of drug-likeness (QED) is 0.757. The second kappa shape index (κ2) is 8.71. The molecule has 2 aromatic carbocycles. The lowest BCUT2D eigenvalue weighted by atomic mass is 10.0. The molecule has 0 saturated carbocycles. The van der Waals surface area contributed by atoms with E-state index in [0.29, 0.717) is 13.0 Å². The van der Waals surface area contributed by atoms with E-state index in [1.807, 2.05) is 13.0 Å². The molecule has 0 aliphatic heterocycles. The van der Waals surface area contributed by atoms with Crippen molar-refractivity contribution in [2.24, 2.45) is 5.73 Å². The molecule has 1 amide bonds. The summed E-state index contributed by atoms with van der Waals surface area (Å²) in [6, 6.07) is 11.5. The first-order valence-corrected chi connectivity index (χ1v) is 8.25. The standard InChI is InChI=1S/C19H21F3N2O2/c1-2-10-26-17-9-8-14(19(20,21)22)11-16(17)24-18(25)12-15(23)13-6-4-3-5-7-13/h3-9,11,15H,2,10,12,23H2,1H3,(H,24,25). The average molecular weight is 366 g/mol. The predicted octanol–water partition coefficient (Wildman–Crippen LogP) is 4.52. The first-order chi connectivity index (χ1) is 12.3. The van der Waals surface area contributed by atoms with Gasteiger partial charge >= 0.3 is 6.18 Å². The number of ether oxygens (including phenoxy) is 1. The SMILES string of the molecule is CCCOc1ccc(C(F)(F)F)cc1NC(=O)CC(N)c1ccccc1. The van der Waals surface area contributed by atoms with Crippen LogP contribution in [-0.4, -0.2) is 12.5 Å². The summed E-state index contributed by atoms with van der Waals surface area (Å²) in [6.45, 7) is 2.21. The Morgan fingerprint density at radius 2 is 1.88 bits per heavy atom. The van der Waals surface area contributed by atoms with Crippen LogP contribution in [0.2, 0.25) is 0 Å². The molecule has 0 aromatic heterocycles. The van der Waals surface area contributed by atoms with E-state index in [9.17, 15) is 18.0 Å². The summed E-state index contributed by atoms with van der Waals surface area (Å²) in [4.78, 5) is 12.3. The second-order valence-electron chi connectivity index (χ2n) is 5.83. The summed E-state index contributed by atoms with van der Waals surface area (Å²) in [5, 5.41) is 2.49. The number of nitrogens with two attached hydrogens (primary N) is 1. The smallest absolute Gasteiger partial charge is 0.416 e. The highest BCUT2D eigenvalue weighted by Gasteiger charge is 2.31. The molecule has 0 aliphatic carbocycles. The zero-order valence-electron chi connectivity index (χ0n) is 14.3. The topological polar surface area (TPSA) is 64.3 Å². The van der Waals surface area contributed by atoms with Gasteiger partial charge in [0.1, 0.15) is 5.75 Å². The van der Waals surface area contributed by atoms with Crippen molar-refractivity contribution in [2.45, 2.75) is 32.0 Å². The molecule has 0 fully saturated rings. The van der Waals surface area contributed by atoms with E-state index in [1.54, 1.807) is 24.3 Å². The summed E-state index contributed by atoms with van der Waals surface area (Å²) in [5.74, 6) is -0.288. The van der Waals surface area contributed by atoms with E-state index in [2.05, 4.69) is 5.32 Å². The average Bonchev–Trinajstić information content (AvgIpc) is 2.60. The highest BCUT2D eigenvalue weighted by molar-refractivity contribution is 5.92. The minimum Gasteiger partial charge on any atom is -0.491 e. The van der Waals surface area contributed by atoms with Crippen LogP contribution in [0.15, 0.2) is 48.5 Å². The fourth-order valence-corrected chi connectivity index (χ4v) is 2.36. The van der Waals surface area contributed by atoms with Gasteiger partial charge in [-0.3, -0.25) is 4.79 Å². The molecule has 7 heteroatoms. The van der Waals surface area contributed by atoms with Gasteiger partial charge in [0.05, 0.1) is 17.9 Å². The van der Waals surface area contributed by atoms with Gasteiger partial charge < -0.3 is 15.8 Å². The van der Waals surface area contributed by atoms with Gasteiger partial charge in [0.15, 0.2) is 0 Å². The van der Waals surface area contributed by atoms with E-state index in [4.69, 9.17) is 10.5 Å². The van der Waals surface area contributed by atoms with Crippen molar-refractivity contribution < 1.29 is 22.7 Å². The number of alkyl halides is 3. The number of benzene rings is 2. The van der Waals surface area contributed by atoms with Crippen LogP contribution in [0.1, 0.15) is 36.9 Å². The Labute approximate surface area is 150 Å². The van der Waals surface area contributed by atoms with Gasteiger partial charge in [-0.25, -0.2) is 0 Å². The van der Waals surface area contributed by atoms with Gasteiger partial charge in [-0.05, 0) is 30.2 Å². The van der Waals surface area contributed by atoms with E-state index < -0.39 is 23.7 Å². The maximum absolute atomic E-state index is 12.9. The van der Waals surface area contributed by atoms with Gasteiger partial charge in [-0.2, -0.15) is 13.2 Å². The lowest BCUT2D eigenvalue weighted by Gasteiger charge is -2.16. The number of anilines is 1. The number of nitrogens with one attached hydrogen (secondary N) is 1. The van der Waals surface area contributed by atoms with Crippen molar-refractivity contribution in [2.75, 3.05) is 11.9 Å².